The van der Waals surface area contributed by atoms with Gasteiger partial charge in [-0.25, -0.2) is 15.0 Å². The van der Waals surface area contributed by atoms with E-state index < -0.39 is 34.8 Å². The van der Waals surface area contributed by atoms with Crippen LogP contribution in [0.1, 0.15) is 33.2 Å². The number of hydrogen-bond acceptors (Lipinski definition) is 7. The molecule has 4 aromatic rings. The molecule has 0 aliphatic rings. The predicted molar refractivity (Wildman–Crippen MR) is 127 cm³/mol. The Labute approximate surface area is 202 Å². The van der Waals surface area contributed by atoms with Gasteiger partial charge in [0.05, 0.1) is 12.1 Å². The zero-order valence-electron chi connectivity index (χ0n) is 18.4. The second-order valence-electron chi connectivity index (χ2n) is 7.74. The number of pyridine rings is 1. The van der Waals surface area contributed by atoms with E-state index in [0.717, 1.165) is 16.9 Å². The molecule has 2 heterocycles. The highest BCUT2D eigenvalue weighted by Crippen LogP contribution is 2.20. The van der Waals surface area contributed by atoms with Gasteiger partial charge in [0.2, 0.25) is 0 Å². The van der Waals surface area contributed by atoms with Crippen molar-refractivity contribution in [1.29, 1.82) is 0 Å². The third-order valence-corrected chi connectivity index (χ3v) is 5.74. The molecule has 0 spiro atoms. The molecule has 0 saturated carbocycles. The fraction of sp³-hybridized carbons (Fsp3) is 0.167. The Bertz CT molecular complexity index is 1440. The van der Waals surface area contributed by atoms with Crippen molar-refractivity contribution in [2.24, 2.45) is 4.47 Å². The number of aryl methyl sites for hydroxylation is 2. The molecule has 0 bridgehead atoms. The van der Waals surface area contributed by atoms with E-state index in [1.165, 1.54) is 0 Å². The summed E-state index contributed by atoms with van der Waals surface area (Å²) >= 11 is 0. The summed E-state index contributed by atoms with van der Waals surface area (Å²) in [5.41, 5.74) is 3.07. The lowest BCUT2D eigenvalue weighted by Crippen LogP contribution is -2.33. The Kier molecular flexibility index (Phi) is 7.27. The van der Waals surface area contributed by atoms with Gasteiger partial charge in [-0.1, -0.05) is 42.5 Å². The first kappa shape index (κ1) is 23.8. The molecular weight excluding hydrogens is 470 g/mol. The highest BCUT2D eigenvalue weighted by Gasteiger charge is 2.27. The first-order valence-electron chi connectivity index (χ1n) is 10.7. The molecule has 10 nitrogen and oxygen atoms in total. The van der Waals surface area contributed by atoms with E-state index in [9.17, 15) is 23.1 Å². The smallest absolute Gasteiger partial charge is 0.333 e. The van der Waals surface area contributed by atoms with Crippen molar-refractivity contribution in [2.75, 3.05) is 6.54 Å². The molecule has 0 radical (unpaired) electrons. The Hall–Kier alpha value is -4.38. The van der Waals surface area contributed by atoms with Crippen LogP contribution in [0.2, 0.25) is 0 Å². The second kappa shape index (κ2) is 10.7. The Morgan fingerprint density at radius 1 is 1.00 bits per heavy atom. The fourth-order valence-electron chi connectivity index (χ4n) is 3.66. The number of carbonyl (C=O) groups excluding carboxylic acids is 1. The number of carboxylic acids is 1. The summed E-state index contributed by atoms with van der Waals surface area (Å²) in [6.45, 7) is -0.437. The number of amides is 1. The lowest BCUT2D eigenvalue weighted by atomic mass is 9.99. The molecular formula is C24H21N5O5S. The summed E-state index contributed by atoms with van der Waals surface area (Å²) in [4.78, 5) is 36.7. The first-order chi connectivity index (χ1) is 16.9. The van der Waals surface area contributed by atoms with Gasteiger partial charge in [-0.2, -0.15) is 8.42 Å². The molecule has 0 unspecified atom stereocenters. The van der Waals surface area contributed by atoms with Crippen LogP contribution in [0.15, 0.2) is 77.4 Å². The number of imidazole rings is 1. The number of nitrogens with one attached hydrogen (secondary N) is 1. The standard InChI is InChI=1S/C24H21N5O5S/c30-23(29(28-35(33)34)15-19(24(31)32)17-5-2-1-3-6-17)18-11-8-16(9-12-18)10-13-21-26-20-7-4-14-25-22(20)27-21/h1-9,11-12,14,19H,10,13,15H2,(H,31,32)(H,25,26,27)/t19-/m1/s1. The number of aromatic amines is 1. The lowest BCUT2D eigenvalue weighted by Gasteiger charge is -2.20. The largest absolute Gasteiger partial charge is 0.481 e. The highest BCUT2D eigenvalue weighted by atomic mass is 32.2. The van der Waals surface area contributed by atoms with Crippen LogP contribution in [0.25, 0.3) is 11.2 Å². The van der Waals surface area contributed by atoms with Gasteiger partial charge in [0.15, 0.2) is 5.65 Å². The minimum absolute atomic E-state index is 0.188. The second-order valence-corrected chi connectivity index (χ2v) is 8.34. The van der Waals surface area contributed by atoms with Gasteiger partial charge in [0.1, 0.15) is 11.7 Å². The molecule has 0 aliphatic heterocycles. The van der Waals surface area contributed by atoms with Gasteiger partial charge < -0.3 is 10.1 Å². The van der Waals surface area contributed by atoms with Crippen LogP contribution in [0.5, 0.6) is 0 Å². The average molecular weight is 492 g/mol. The van der Waals surface area contributed by atoms with Gasteiger partial charge in [-0.15, -0.1) is 0 Å². The van der Waals surface area contributed by atoms with Gasteiger partial charge in [-0.3, -0.25) is 9.59 Å². The Morgan fingerprint density at radius 2 is 1.74 bits per heavy atom. The number of fused-ring (bicyclic) bond motifs is 1. The normalized spacial score (nSPS) is 11.7. The van der Waals surface area contributed by atoms with Gasteiger partial charge in [-0.05, 0) is 46.3 Å². The predicted octanol–water partition coefficient (Wildman–Crippen LogP) is 3.03. The Morgan fingerprint density at radius 3 is 2.40 bits per heavy atom. The number of benzene rings is 2. The molecule has 2 N–H and O–H groups in total. The van der Waals surface area contributed by atoms with E-state index in [1.54, 1.807) is 60.8 Å². The SMILES string of the molecule is O=C(O)[C@H](CN(N=S(=O)=O)C(=O)c1ccc(CCc2nc3ncccc3[nH]2)cc1)c1ccccc1. The average Bonchev–Trinajstić information content (AvgIpc) is 3.28. The molecule has 4 rings (SSSR count). The van der Waals surface area contributed by atoms with E-state index in [0.29, 0.717) is 29.1 Å². The van der Waals surface area contributed by atoms with E-state index in [1.807, 2.05) is 12.1 Å². The van der Waals surface area contributed by atoms with E-state index in [2.05, 4.69) is 19.4 Å². The minimum atomic E-state index is -2.94. The molecule has 2 aromatic carbocycles. The summed E-state index contributed by atoms with van der Waals surface area (Å²) in [7, 11) is -2.94. The maximum atomic E-state index is 13.0. The van der Waals surface area contributed by atoms with Gasteiger partial charge in [0, 0.05) is 18.2 Å². The van der Waals surface area contributed by atoms with Crippen molar-refractivity contribution in [3.8, 4) is 0 Å². The molecule has 0 aliphatic carbocycles. The molecule has 35 heavy (non-hydrogen) atoms. The number of carbonyl (C=O) groups is 2. The van der Waals surface area contributed by atoms with Crippen LogP contribution in [0, 0.1) is 0 Å². The summed E-state index contributed by atoms with van der Waals surface area (Å²) in [5, 5.41) is 10.3. The van der Waals surface area contributed by atoms with Crippen LogP contribution in [0.4, 0.5) is 0 Å². The monoisotopic (exact) mass is 491 g/mol. The summed E-state index contributed by atoms with van der Waals surface area (Å²) < 4.78 is 25.8. The van der Waals surface area contributed by atoms with Crippen molar-refractivity contribution in [2.45, 2.75) is 18.8 Å². The molecule has 0 saturated heterocycles. The number of rotatable bonds is 9. The lowest BCUT2D eigenvalue weighted by molar-refractivity contribution is -0.139. The van der Waals surface area contributed by atoms with E-state index in [4.69, 9.17) is 0 Å². The van der Waals surface area contributed by atoms with Crippen molar-refractivity contribution in [1.82, 2.24) is 20.0 Å². The van der Waals surface area contributed by atoms with Crippen molar-refractivity contribution in [3.63, 3.8) is 0 Å². The quantitative estimate of drug-likeness (QED) is 0.342. The molecule has 2 aromatic heterocycles. The number of hydrogen-bond donors (Lipinski definition) is 2. The zero-order valence-corrected chi connectivity index (χ0v) is 19.2. The number of aliphatic carboxylic acids is 1. The van der Waals surface area contributed by atoms with Crippen molar-refractivity contribution in [3.05, 3.63) is 95.4 Å². The van der Waals surface area contributed by atoms with Crippen LogP contribution < -0.4 is 0 Å². The summed E-state index contributed by atoms with van der Waals surface area (Å²) in [6, 6.07) is 18.6. The van der Waals surface area contributed by atoms with Crippen LogP contribution in [0.3, 0.4) is 0 Å². The third kappa shape index (κ3) is 5.95. The zero-order chi connectivity index (χ0) is 24.8. The number of H-pyrrole nitrogens is 1. The van der Waals surface area contributed by atoms with Crippen molar-refractivity contribution < 1.29 is 23.1 Å². The highest BCUT2D eigenvalue weighted by molar-refractivity contribution is 7.61. The van der Waals surface area contributed by atoms with Crippen LogP contribution >= 0.6 is 0 Å². The number of nitrogens with zero attached hydrogens (tertiary/aromatic N) is 4. The Balaban J connectivity index is 1.48. The molecule has 1 atom stereocenters. The minimum Gasteiger partial charge on any atom is -0.481 e. The third-order valence-electron chi connectivity index (χ3n) is 5.41. The summed E-state index contributed by atoms with van der Waals surface area (Å²) in [6.07, 6.45) is 2.97. The maximum absolute atomic E-state index is 13.0. The van der Waals surface area contributed by atoms with Gasteiger partial charge >= 0.3 is 16.5 Å². The molecule has 0 fully saturated rings. The molecule has 11 heteroatoms. The fourth-order valence-corrected chi connectivity index (χ4v) is 3.96. The number of carboxylic acid groups (broad SMARTS) is 1. The summed E-state index contributed by atoms with van der Waals surface area (Å²) in [5.74, 6) is -2.27. The molecule has 178 valence electrons. The number of aromatic nitrogens is 3. The van der Waals surface area contributed by atoms with E-state index >= 15 is 0 Å². The van der Waals surface area contributed by atoms with E-state index in [-0.39, 0.29) is 5.56 Å². The van der Waals surface area contributed by atoms with Crippen LogP contribution in [-0.2, 0) is 28.1 Å². The molecule has 1 amide bonds. The topological polar surface area (TPSA) is 146 Å². The van der Waals surface area contributed by atoms with Crippen molar-refractivity contribution >= 4 is 33.5 Å². The van der Waals surface area contributed by atoms with Crippen LogP contribution in [-0.4, -0.2) is 51.9 Å². The van der Waals surface area contributed by atoms with Gasteiger partial charge in [0.25, 0.3) is 5.91 Å². The maximum Gasteiger partial charge on any atom is 0.333 e. The first-order valence-corrected chi connectivity index (χ1v) is 11.7.